The van der Waals surface area contributed by atoms with E-state index >= 15 is 0 Å². The van der Waals surface area contributed by atoms with E-state index in [2.05, 4.69) is 10.4 Å². The van der Waals surface area contributed by atoms with Gasteiger partial charge in [0.15, 0.2) is 0 Å². The Hall–Kier alpha value is -2.66. The van der Waals surface area contributed by atoms with Crippen LogP contribution < -0.4 is 10.1 Å². The molecule has 0 fully saturated rings. The van der Waals surface area contributed by atoms with Crippen LogP contribution in [0.1, 0.15) is 22.7 Å². The van der Waals surface area contributed by atoms with Crippen LogP contribution >= 0.6 is 0 Å². The molecule has 3 aromatic rings. The summed E-state index contributed by atoms with van der Waals surface area (Å²) in [6, 6.07) is 14.4. The molecule has 24 heavy (non-hydrogen) atoms. The molecule has 0 aliphatic rings. The van der Waals surface area contributed by atoms with Gasteiger partial charge in [-0.05, 0) is 35.4 Å². The van der Waals surface area contributed by atoms with Crippen molar-refractivity contribution in [2.75, 3.05) is 7.11 Å². The molecule has 1 N–H and O–H groups in total. The molecule has 3 rings (SSSR count). The number of rotatable bonds is 6. The van der Waals surface area contributed by atoms with Crippen molar-refractivity contribution in [3.63, 3.8) is 0 Å². The summed E-state index contributed by atoms with van der Waals surface area (Å²) in [7, 11) is 3.52. The van der Waals surface area contributed by atoms with Gasteiger partial charge in [-0.25, -0.2) is 4.39 Å². The Morgan fingerprint density at radius 1 is 1.17 bits per heavy atom. The molecular weight excluding hydrogens is 305 g/mol. The predicted molar refractivity (Wildman–Crippen MR) is 91.3 cm³/mol. The highest BCUT2D eigenvalue weighted by atomic mass is 19.1. The van der Waals surface area contributed by atoms with E-state index in [1.165, 1.54) is 6.07 Å². The van der Waals surface area contributed by atoms with Gasteiger partial charge in [0.1, 0.15) is 11.6 Å². The standard InChI is InChI=1S/C19H20FN3O/c1-23-13-16(12-22-23)19(15-4-3-5-17(20)10-15)21-11-14-6-8-18(24-2)9-7-14/h3-10,12-13,19,21H,11H2,1-2H3/t19-/m0/s1. The fourth-order valence-electron chi connectivity index (χ4n) is 2.67. The lowest BCUT2D eigenvalue weighted by Crippen LogP contribution is -2.21. The molecule has 2 aromatic carbocycles. The van der Waals surface area contributed by atoms with Crippen molar-refractivity contribution in [2.45, 2.75) is 12.6 Å². The fraction of sp³-hybridized carbons (Fsp3) is 0.211. The van der Waals surface area contributed by atoms with E-state index in [0.29, 0.717) is 6.54 Å². The molecule has 0 aliphatic heterocycles. The number of aromatic nitrogens is 2. The Morgan fingerprint density at radius 2 is 1.96 bits per heavy atom. The third-order valence-electron chi connectivity index (χ3n) is 3.91. The molecule has 1 aromatic heterocycles. The molecule has 0 aliphatic carbocycles. The number of hydrogen-bond donors (Lipinski definition) is 1. The summed E-state index contributed by atoms with van der Waals surface area (Å²) >= 11 is 0. The topological polar surface area (TPSA) is 39.1 Å². The molecule has 0 unspecified atom stereocenters. The normalized spacial score (nSPS) is 12.1. The summed E-state index contributed by atoms with van der Waals surface area (Å²) in [4.78, 5) is 0. The molecule has 0 amide bonds. The molecular formula is C19H20FN3O. The van der Waals surface area contributed by atoms with Gasteiger partial charge in [-0.15, -0.1) is 0 Å². The fourth-order valence-corrected chi connectivity index (χ4v) is 2.67. The third kappa shape index (κ3) is 3.81. The second-order valence-electron chi connectivity index (χ2n) is 5.66. The van der Waals surface area contributed by atoms with E-state index in [1.807, 2.05) is 43.6 Å². The number of nitrogens with one attached hydrogen (secondary N) is 1. The zero-order valence-corrected chi connectivity index (χ0v) is 13.7. The molecule has 1 heterocycles. The van der Waals surface area contributed by atoms with Crippen molar-refractivity contribution in [2.24, 2.45) is 7.05 Å². The summed E-state index contributed by atoms with van der Waals surface area (Å²) in [5.41, 5.74) is 2.99. The molecule has 1 atom stereocenters. The quantitative estimate of drug-likeness (QED) is 0.754. The summed E-state index contributed by atoms with van der Waals surface area (Å²) < 4.78 is 20.6. The van der Waals surface area contributed by atoms with Crippen molar-refractivity contribution in [3.8, 4) is 5.75 Å². The second kappa shape index (κ2) is 7.27. The van der Waals surface area contributed by atoms with Crippen molar-refractivity contribution in [3.05, 3.63) is 83.4 Å². The number of halogens is 1. The molecule has 0 radical (unpaired) electrons. The Balaban J connectivity index is 1.82. The summed E-state index contributed by atoms with van der Waals surface area (Å²) in [5.74, 6) is 0.584. The number of methoxy groups -OCH3 is 1. The van der Waals surface area contributed by atoms with Gasteiger partial charge in [0.25, 0.3) is 0 Å². The van der Waals surface area contributed by atoms with Crippen LogP contribution in [-0.4, -0.2) is 16.9 Å². The minimum Gasteiger partial charge on any atom is -0.497 e. The zero-order valence-electron chi connectivity index (χ0n) is 13.7. The number of nitrogens with zero attached hydrogens (tertiary/aromatic N) is 2. The molecule has 124 valence electrons. The third-order valence-corrected chi connectivity index (χ3v) is 3.91. The maximum Gasteiger partial charge on any atom is 0.123 e. The first-order valence-corrected chi connectivity index (χ1v) is 7.76. The Labute approximate surface area is 140 Å². The van der Waals surface area contributed by atoms with E-state index in [0.717, 1.165) is 22.4 Å². The average molecular weight is 325 g/mol. The first kappa shape index (κ1) is 16.2. The van der Waals surface area contributed by atoms with Gasteiger partial charge in [-0.1, -0.05) is 24.3 Å². The predicted octanol–water partition coefficient (Wildman–Crippen LogP) is 3.45. The number of hydrogen-bond acceptors (Lipinski definition) is 3. The molecule has 0 saturated carbocycles. The highest BCUT2D eigenvalue weighted by molar-refractivity contribution is 5.31. The first-order chi connectivity index (χ1) is 11.7. The Bertz CT molecular complexity index is 798. The summed E-state index contributed by atoms with van der Waals surface area (Å²) in [5, 5.41) is 7.72. The van der Waals surface area contributed by atoms with Crippen LogP contribution in [0.4, 0.5) is 4.39 Å². The zero-order chi connectivity index (χ0) is 16.9. The summed E-state index contributed by atoms with van der Waals surface area (Å²) in [6.07, 6.45) is 3.74. The van der Waals surface area contributed by atoms with E-state index in [4.69, 9.17) is 4.74 Å². The summed E-state index contributed by atoms with van der Waals surface area (Å²) in [6.45, 7) is 0.653. The number of ether oxygens (including phenoxy) is 1. The Morgan fingerprint density at radius 3 is 2.58 bits per heavy atom. The number of aryl methyl sites for hydroxylation is 1. The van der Waals surface area contributed by atoms with E-state index in [1.54, 1.807) is 30.1 Å². The van der Waals surface area contributed by atoms with Crippen LogP contribution in [0.5, 0.6) is 5.75 Å². The van der Waals surface area contributed by atoms with Gasteiger partial charge < -0.3 is 10.1 Å². The lowest BCUT2D eigenvalue weighted by molar-refractivity contribution is 0.414. The highest BCUT2D eigenvalue weighted by Gasteiger charge is 2.16. The van der Waals surface area contributed by atoms with Gasteiger partial charge >= 0.3 is 0 Å². The maximum absolute atomic E-state index is 13.6. The van der Waals surface area contributed by atoms with Crippen LogP contribution in [0.15, 0.2) is 60.9 Å². The first-order valence-electron chi connectivity index (χ1n) is 7.76. The molecule has 4 nitrogen and oxygen atoms in total. The average Bonchev–Trinajstić information content (AvgIpc) is 3.02. The van der Waals surface area contributed by atoms with Gasteiger partial charge in [-0.3, -0.25) is 4.68 Å². The minimum atomic E-state index is -0.243. The van der Waals surface area contributed by atoms with Crippen molar-refractivity contribution in [1.29, 1.82) is 0 Å². The van der Waals surface area contributed by atoms with Crippen molar-refractivity contribution in [1.82, 2.24) is 15.1 Å². The SMILES string of the molecule is COc1ccc(CN[C@@H](c2cccc(F)c2)c2cnn(C)c2)cc1. The van der Waals surface area contributed by atoms with Gasteiger partial charge in [0, 0.05) is 25.4 Å². The second-order valence-corrected chi connectivity index (χ2v) is 5.66. The van der Waals surface area contributed by atoms with Gasteiger partial charge in [0.05, 0.1) is 19.3 Å². The van der Waals surface area contributed by atoms with Crippen molar-refractivity contribution >= 4 is 0 Å². The van der Waals surface area contributed by atoms with Crippen LogP contribution in [0.2, 0.25) is 0 Å². The van der Waals surface area contributed by atoms with Crippen LogP contribution in [0.3, 0.4) is 0 Å². The minimum absolute atomic E-state index is 0.128. The van der Waals surface area contributed by atoms with Crippen molar-refractivity contribution < 1.29 is 9.13 Å². The maximum atomic E-state index is 13.6. The number of benzene rings is 2. The molecule has 0 spiro atoms. The van der Waals surface area contributed by atoms with Gasteiger partial charge in [0.2, 0.25) is 0 Å². The van der Waals surface area contributed by atoms with Gasteiger partial charge in [-0.2, -0.15) is 5.10 Å². The highest BCUT2D eigenvalue weighted by Crippen LogP contribution is 2.23. The van der Waals surface area contributed by atoms with Crippen LogP contribution in [0.25, 0.3) is 0 Å². The monoisotopic (exact) mass is 325 g/mol. The molecule has 0 bridgehead atoms. The van der Waals surface area contributed by atoms with E-state index in [-0.39, 0.29) is 11.9 Å². The smallest absolute Gasteiger partial charge is 0.123 e. The lowest BCUT2D eigenvalue weighted by Gasteiger charge is -2.18. The van der Waals surface area contributed by atoms with E-state index in [9.17, 15) is 4.39 Å². The Kier molecular flexibility index (Phi) is 4.91. The largest absolute Gasteiger partial charge is 0.497 e. The lowest BCUT2D eigenvalue weighted by atomic mass is 10.0. The molecule has 5 heteroatoms. The van der Waals surface area contributed by atoms with Crippen LogP contribution in [0, 0.1) is 5.82 Å². The molecule has 0 saturated heterocycles. The van der Waals surface area contributed by atoms with E-state index < -0.39 is 0 Å². The van der Waals surface area contributed by atoms with Crippen LogP contribution in [-0.2, 0) is 13.6 Å².